The smallest absolute Gasteiger partial charge is 0.271 e. The van der Waals surface area contributed by atoms with Crippen LogP contribution in [0.15, 0.2) is 29.4 Å². The van der Waals surface area contributed by atoms with Gasteiger partial charge in [0, 0.05) is 23.9 Å². The van der Waals surface area contributed by atoms with Crippen LogP contribution >= 0.6 is 0 Å². The lowest BCUT2D eigenvalue weighted by Gasteiger charge is -2.01. The van der Waals surface area contributed by atoms with Crippen molar-refractivity contribution in [2.24, 2.45) is 12.1 Å². The molecule has 5 nitrogen and oxygen atoms in total. The molecule has 0 radical (unpaired) electrons. The Labute approximate surface area is 124 Å². The van der Waals surface area contributed by atoms with E-state index in [2.05, 4.69) is 22.5 Å². The zero-order valence-corrected chi connectivity index (χ0v) is 12.8. The highest BCUT2D eigenvalue weighted by Gasteiger charge is 2.07. The van der Waals surface area contributed by atoms with Gasteiger partial charge in [-0.05, 0) is 38.0 Å². The Morgan fingerprint density at radius 1 is 1.33 bits per heavy atom. The predicted molar refractivity (Wildman–Crippen MR) is 83.6 cm³/mol. The first kappa shape index (κ1) is 15.0. The second-order valence-corrected chi connectivity index (χ2v) is 4.96. The molecule has 0 aliphatic heterocycles. The SMILES string of the molecule is CCc1ccc(C(=O)N/N=C\c2c(C)nn(C)c2C)cc1. The van der Waals surface area contributed by atoms with Crippen molar-refractivity contribution in [3.05, 3.63) is 52.3 Å². The van der Waals surface area contributed by atoms with Crippen molar-refractivity contribution in [1.82, 2.24) is 15.2 Å². The molecular weight excluding hydrogens is 264 g/mol. The van der Waals surface area contributed by atoms with Crippen LogP contribution in [-0.2, 0) is 13.5 Å². The zero-order chi connectivity index (χ0) is 15.4. The monoisotopic (exact) mass is 284 g/mol. The van der Waals surface area contributed by atoms with E-state index in [1.807, 2.05) is 45.2 Å². The predicted octanol–water partition coefficient (Wildman–Crippen LogP) is 2.36. The molecule has 110 valence electrons. The van der Waals surface area contributed by atoms with Crippen molar-refractivity contribution in [2.45, 2.75) is 27.2 Å². The number of rotatable bonds is 4. The third-order valence-electron chi connectivity index (χ3n) is 3.55. The Hall–Kier alpha value is -2.43. The van der Waals surface area contributed by atoms with E-state index in [-0.39, 0.29) is 5.91 Å². The average molecular weight is 284 g/mol. The topological polar surface area (TPSA) is 59.3 Å². The summed E-state index contributed by atoms with van der Waals surface area (Å²) in [7, 11) is 1.88. The number of carbonyl (C=O) groups is 1. The Balaban J connectivity index is 2.04. The van der Waals surface area contributed by atoms with Gasteiger partial charge in [-0.15, -0.1) is 0 Å². The highest BCUT2D eigenvalue weighted by atomic mass is 16.2. The number of hydrazone groups is 1. The summed E-state index contributed by atoms with van der Waals surface area (Å²) >= 11 is 0. The highest BCUT2D eigenvalue weighted by molar-refractivity contribution is 5.95. The molecule has 0 saturated heterocycles. The number of aryl methyl sites for hydroxylation is 3. The standard InChI is InChI=1S/C16H20N4O/c1-5-13-6-8-14(9-7-13)16(21)18-17-10-15-11(2)19-20(4)12(15)3/h6-10H,5H2,1-4H3,(H,18,21)/b17-10-. The number of hydrogen-bond acceptors (Lipinski definition) is 3. The van der Waals surface area contributed by atoms with Crippen molar-refractivity contribution in [1.29, 1.82) is 0 Å². The van der Waals surface area contributed by atoms with Gasteiger partial charge in [-0.2, -0.15) is 10.2 Å². The van der Waals surface area contributed by atoms with E-state index in [0.717, 1.165) is 23.4 Å². The van der Waals surface area contributed by atoms with Gasteiger partial charge in [-0.25, -0.2) is 5.43 Å². The van der Waals surface area contributed by atoms with E-state index in [1.54, 1.807) is 10.9 Å². The van der Waals surface area contributed by atoms with Gasteiger partial charge in [0.1, 0.15) is 0 Å². The van der Waals surface area contributed by atoms with Crippen LogP contribution in [0.25, 0.3) is 0 Å². The fraction of sp³-hybridized carbons (Fsp3) is 0.312. The molecule has 2 aromatic rings. The molecule has 1 N–H and O–H groups in total. The number of benzene rings is 1. The fourth-order valence-corrected chi connectivity index (χ4v) is 2.09. The summed E-state index contributed by atoms with van der Waals surface area (Å²) in [5.41, 5.74) is 7.18. The maximum Gasteiger partial charge on any atom is 0.271 e. The maximum atomic E-state index is 12.0. The van der Waals surface area contributed by atoms with Crippen LogP contribution in [0.3, 0.4) is 0 Å². The Bertz CT molecular complexity index is 668. The van der Waals surface area contributed by atoms with Gasteiger partial charge in [0.15, 0.2) is 0 Å². The van der Waals surface area contributed by atoms with Gasteiger partial charge in [0.2, 0.25) is 0 Å². The van der Waals surface area contributed by atoms with Gasteiger partial charge < -0.3 is 0 Å². The van der Waals surface area contributed by atoms with E-state index in [9.17, 15) is 4.79 Å². The zero-order valence-electron chi connectivity index (χ0n) is 12.8. The molecule has 0 fully saturated rings. The molecular formula is C16H20N4O. The van der Waals surface area contributed by atoms with Crippen LogP contribution in [0.4, 0.5) is 0 Å². The van der Waals surface area contributed by atoms with Gasteiger partial charge in [-0.3, -0.25) is 9.48 Å². The van der Waals surface area contributed by atoms with E-state index in [0.29, 0.717) is 5.56 Å². The molecule has 2 rings (SSSR count). The summed E-state index contributed by atoms with van der Waals surface area (Å²) in [6.07, 6.45) is 2.59. The van der Waals surface area contributed by atoms with E-state index in [4.69, 9.17) is 0 Å². The first-order valence-corrected chi connectivity index (χ1v) is 6.95. The molecule has 0 spiro atoms. The third-order valence-corrected chi connectivity index (χ3v) is 3.55. The van der Waals surface area contributed by atoms with Crippen LogP contribution in [-0.4, -0.2) is 21.9 Å². The molecule has 0 aliphatic rings. The Morgan fingerprint density at radius 3 is 2.52 bits per heavy atom. The summed E-state index contributed by atoms with van der Waals surface area (Å²) in [6.45, 7) is 5.96. The van der Waals surface area contributed by atoms with Crippen molar-refractivity contribution in [2.75, 3.05) is 0 Å². The largest absolute Gasteiger partial charge is 0.272 e. The van der Waals surface area contributed by atoms with Crippen LogP contribution < -0.4 is 5.43 Å². The Kier molecular flexibility index (Phi) is 4.52. The number of nitrogens with one attached hydrogen (secondary N) is 1. The van der Waals surface area contributed by atoms with Crippen LogP contribution in [0.1, 0.15) is 39.8 Å². The second-order valence-electron chi connectivity index (χ2n) is 4.96. The number of hydrogen-bond donors (Lipinski definition) is 1. The number of nitrogens with zero attached hydrogens (tertiary/aromatic N) is 3. The molecule has 0 unspecified atom stereocenters. The molecule has 0 atom stereocenters. The van der Waals surface area contributed by atoms with Crippen molar-refractivity contribution < 1.29 is 4.79 Å². The molecule has 0 aliphatic carbocycles. The quantitative estimate of drug-likeness (QED) is 0.692. The second kappa shape index (κ2) is 6.35. The molecule has 0 bridgehead atoms. The van der Waals surface area contributed by atoms with Crippen molar-refractivity contribution in [3.8, 4) is 0 Å². The van der Waals surface area contributed by atoms with Crippen molar-refractivity contribution >= 4 is 12.1 Å². The lowest BCUT2D eigenvalue weighted by atomic mass is 10.1. The lowest BCUT2D eigenvalue weighted by Crippen LogP contribution is -2.17. The molecule has 5 heteroatoms. The summed E-state index contributed by atoms with van der Waals surface area (Å²) in [6, 6.07) is 7.52. The minimum Gasteiger partial charge on any atom is -0.272 e. The number of amides is 1. The number of carbonyl (C=O) groups excluding carboxylic acids is 1. The van der Waals surface area contributed by atoms with Gasteiger partial charge >= 0.3 is 0 Å². The Morgan fingerprint density at radius 2 is 2.00 bits per heavy atom. The molecule has 1 heterocycles. The first-order chi connectivity index (χ1) is 10.0. The van der Waals surface area contributed by atoms with Gasteiger partial charge in [0.25, 0.3) is 5.91 Å². The summed E-state index contributed by atoms with van der Waals surface area (Å²) in [5, 5.41) is 8.32. The molecule has 0 saturated carbocycles. The van der Waals surface area contributed by atoms with Gasteiger partial charge in [0.05, 0.1) is 11.9 Å². The van der Waals surface area contributed by atoms with Crippen LogP contribution in [0.2, 0.25) is 0 Å². The molecule has 1 aromatic heterocycles. The molecule has 1 aromatic carbocycles. The van der Waals surface area contributed by atoms with Crippen LogP contribution in [0, 0.1) is 13.8 Å². The fourth-order valence-electron chi connectivity index (χ4n) is 2.09. The van der Waals surface area contributed by atoms with Gasteiger partial charge in [-0.1, -0.05) is 19.1 Å². The first-order valence-electron chi connectivity index (χ1n) is 6.95. The minimum absolute atomic E-state index is 0.215. The summed E-state index contributed by atoms with van der Waals surface area (Å²) < 4.78 is 1.79. The van der Waals surface area contributed by atoms with E-state index >= 15 is 0 Å². The van der Waals surface area contributed by atoms with E-state index in [1.165, 1.54) is 5.56 Å². The molecule has 21 heavy (non-hydrogen) atoms. The summed E-state index contributed by atoms with van der Waals surface area (Å²) in [4.78, 5) is 12.0. The third kappa shape index (κ3) is 3.37. The minimum atomic E-state index is -0.215. The normalized spacial score (nSPS) is 11.0. The van der Waals surface area contributed by atoms with Crippen LogP contribution in [0.5, 0.6) is 0 Å². The van der Waals surface area contributed by atoms with E-state index < -0.39 is 0 Å². The average Bonchev–Trinajstić information content (AvgIpc) is 2.73. The molecule has 1 amide bonds. The lowest BCUT2D eigenvalue weighted by molar-refractivity contribution is 0.0955. The maximum absolute atomic E-state index is 12.0. The highest BCUT2D eigenvalue weighted by Crippen LogP contribution is 2.08. The van der Waals surface area contributed by atoms with Crippen molar-refractivity contribution in [3.63, 3.8) is 0 Å². The summed E-state index contributed by atoms with van der Waals surface area (Å²) in [5.74, 6) is -0.215. The number of aromatic nitrogens is 2.